The molecular weight excluding hydrogens is 294 g/mol. The fraction of sp³-hybridized carbons (Fsp3) is 0.136. The summed E-state index contributed by atoms with van der Waals surface area (Å²) < 4.78 is 0. The van der Waals surface area contributed by atoms with E-state index in [1.165, 1.54) is 0 Å². The first-order valence-corrected chi connectivity index (χ1v) is 8.21. The predicted molar refractivity (Wildman–Crippen MR) is 100 cm³/mol. The Kier molecular flexibility index (Phi) is 4.76. The topological polar surface area (TPSA) is 29.1 Å². The summed E-state index contributed by atoms with van der Waals surface area (Å²) in [6, 6.07) is 25.8. The Morgan fingerprint density at radius 3 is 2.17 bits per heavy atom. The molecule has 0 saturated heterocycles. The van der Waals surface area contributed by atoms with E-state index in [0.717, 1.165) is 27.9 Å². The van der Waals surface area contributed by atoms with Crippen molar-refractivity contribution in [3.05, 3.63) is 90.0 Å². The van der Waals surface area contributed by atoms with Gasteiger partial charge in [-0.2, -0.15) is 0 Å². The molecule has 0 bridgehead atoms. The molecule has 0 saturated carbocycles. The molecule has 0 spiro atoms. The number of rotatable bonds is 4. The Balaban J connectivity index is 1.94. The molecule has 0 heterocycles. The van der Waals surface area contributed by atoms with Crippen molar-refractivity contribution in [2.45, 2.75) is 19.8 Å². The lowest BCUT2D eigenvalue weighted by Crippen LogP contribution is -2.15. The molecule has 1 N–H and O–H groups in total. The number of amides is 1. The van der Waals surface area contributed by atoms with E-state index in [0.29, 0.717) is 5.92 Å². The average Bonchev–Trinajstić information content (AvgIpc) is 2.63. The molecule has 0 aliphatic carbocycles. The normalized spacial score (nSPS) is 10.6. The van der Waals surface area contributed by atoms with Crippen LogP contribution in [0.1, 0.15) is 35.7 Å². The summed E-state index contributed by atoms with van der Waals surface area (Å²) in [4.78, 5) is 12.8. The summed E-state index contributed by atoms with van der Waals surface area (Å²) in [7, 11) is 0. The fourth-order valence-corrected chi connectivity index (χ4v) is 2.86. The molecule has 120 valence electrons. The van der Waals surface area contributed by atoms with Crippen LogP contribution in [0, 0.1) is 0 Å². The van der Waals surface area contributed by atoms with Gasteiger partial charge in [-0.25, -0.2) is 0 Å². The summed E-state index contributed by atoms with van der Waals surface area (Å²) in [6.45, 7) is 4.20. The van der Waals surface area contributed by atoms with Crippen LogP contribution in [0.4, 0.5) is 5.69 Å². The van der Waals surface area contributed by atoms with Gasteiger partial charge in [-0.15, -0.1) is 0 Å². The Morgan fingerprint density at radius 2 is 1.42 bits per heavy atom. The molecule has 0 radical (unpaired) electrons. The summed E-state index contributed by atoms with van der Waals surface area (Å²) in [6.07, 6.45) is 0. The van der Waals surface area contributed by atoms with Gasteiger partial charge in [-0.1, -0.05) is 80.6 Å². The standard InChI is InChI=1S/C22H21NO/c1-16(2)18-12-6-7-14-20(18)22(24)23-21-15-9-8-13-19(21)17-10-4-3-5-11-17/h3-16H,1-2H3,(H,23,24). The van der Waals surface area contributed by atoms with E-state index in [1.807, 2.05) is 78.9 Å². The first-order valence-electron chi connectivity index (χ1n) is 8.21. The van der Waals surface area contributed by atoms with E-state index >= 15 is 0 Å². The Morgan fingerprint density at radius 1 is 0.792 bits per heavy atom. The van der Waals surface area contributed by atoms with Crippen LogP contribution in [0.5, 0.6) is 0 Å². The van der Waals surface area contributed by atoms with E-state index in [1.54, 1.807) is 0 Å². The van der Waals surface area contributed by atoms with Gasteiger partial charge in [0.1, 0.15) is 0 Å². The molecule has 3 aromatic rings. The van der Waals surface area contributed by atoms with Crippen LogP contribution in [0.3, 0.4) is 0 Å². The highest BCUT2D eigenvalue weighted by Gasteiger charge is 2.14. The van der Waals surface area contributed by atoms with Crippen LogP contribution < -0.4 is 5.32 Å². The molecular formula is C22H21NO. The number of benzene rings is 3. The van der Waals surface area contributed by atoms with Crippen molar-refractivity contribution >= 4 is 11.6 Å². The molecule has 0 fully saturated rings. The monoisotopic (exact) mass is 315 g/mol. The minimum absolute atomic E-state index is 0.0670. The van der Waals surface area contributed by atoms with E-state index < -0.39 is 0 Å². The molecule has 1 amide bonds. The maximum absolute atomic E-state index is 12.8. The zero-order valence-corrected chi connectivity index (χ0v) is 14.0. The van der Waals surface area contributed by atoms with Gasteiger partial charge in [0.05, 0.1) is 0 Å². The molecule has 2 heteroatoms. The SMILES string of the molecule is CC(C)c1ccccc1C(=O)Nc1ccccc1-c1ccccc1. The van der Waals surface area contributed by atoms with Crippen LogP contribution >= 0.6 is 0 Å². The number of carbonyl (C=O) groups is 1. The molecule has 0 aliphatic heterocycles. The van der Waals surface area contributed by atoms with Crippen LogP contribution in [-0.4, -0.2) is 5.91 Å². The van der Waals surface area contributed by atoms with Crippen molar-refractivity contribution in [3.63, 3.8) is 0 Å². The van der Waals surface area contributed by atoms with Crippen molar-refractivity contribution in [3.8, 4) is 11.1 Å². The highest BCUT2D eigenvalue weighted by atomic mass is 16.1. The Labute approximate surface area is 143 Å². The third-order valence-corrected chi connectivity index (χ3v) is 4.09. The van der Waals surface area contributed by atoms with Gasteiger partial charge in [0.25, 0.3) is 5.91 Å². The van der Waals surface area contributed by atoms with Crippen LogP contribution in [0.25, 0.3) is 11.1 Å². The second kappa shape index (κ2) is 7.14. The van der Waals surface area contributed by atoms with Gasteiger partial charge in [0, 0.05) is 16.8 Å². The average molecular weight is 315 g/mol. The van der Waals surface area contributed by atoms with Crippen LogP contribution in [0.2, 0.25) is 0 Å². The summed E-state index contributed by atoms with van der Waals surface area (Å²) >= 11 is 0. The molecule has 3 aromatic carbocycles. The Bertz CT molecular complexity index is 837. The number of carbonyl (C=O) groups excluding carboxylic acids is 1. The van der Waals surface area contributed by atoms with Gasteiger partial charge in [-0.05, 0) is 29.2 Å². The predicted octanol–water partition coefficient (Wildman–Crippen LogP) is 5.73. The molecule has 0 atom stereocenters. The van der Waals surface area contributed by atoms with E-state index in [9.17, 15) is 4.79 Å². The summed E-state index contributed by atoms with van der Waals surface area (Å²) in [5.41, 5.74) is 4.73. The molecule has 3 rings (SSSR count). The second-order valence-electron chi connectivity index (χ2n) is 6.11. The maximum Gasteiger partial charge on any atom is 0.255 e. The highest BCUT2D eigenvalue weighted by molar-refractivity contribution is 6.07. The van der Waals surface area contributed by atoms with Crippen molar-refractivity contribution < 1.29 is 4.79 Å². The fourth-order valence-electron chi connectivity index (χ4n) is 2.86. The number of anilines is 1. The number of para-hydroxylation sites is 1. The Hall–Kier alpha value is -2.87. The molecule has 24 heavy (non-hydrogen) atoms. The molecule has 0 unspecified atom stereocenters. The smallest absolute Gasteiger partial charge is 0.255 e. The number of hydrogen-bond acceptors (Lipinski definition) is 1. The minimum Gasteiger partial charge on any atom is -0.321 e. The minimum atomic E-state index is -0.0670. The lowest BCUT2D eigenvalue weighted by molar-refractivity contribution is 0.102. The first kappa shape index (κ1) is 16.0. The highest BCUT2D eigenvalue weighted by Crippen LogP contribution is 2.28. The van der Waals surface area contributed by atoms with Crippen molar-refractivity contribution in [1.29, 1.82) is 0 Å². The van der Waals surface area contributed by atoms with E-state index in [4.69, 9.17) is 0 Å². The van der Waals surface area contributed by atoms with E-state index in [2.05, 4.69) is 19.2 Å². The summed E-state index contributed by atoms with van der Waals surface area (Å²) in [5.74, 6) is 0.235. The van der Waals surface area contributed by atoms with Gasteiger partial charge < -0.3 is 5.32 Å². The number of hydrogen-bond donors (Lipinski definition) is 1. The van der Waals surface area contributed by atoms with Gasteiger partial charge in [-0.3, -0.25) is 4.79 Å². The lowest BCUT2D eigenvalue weighted by Gasteiger charge is -2.15. The third kappa shape index (κ3) is 3.38. The molecule has 0 aliphatic rings. The van der Waals surface area contributed by atoms with Crippen molar-refractivity contribution in [2.75, 3.05) is 5.32 Å². The summed E-state index contributed by atoms with van der Waals surface area (Å²) in [5, 5.41) is 3.08. The lowest BCUT2D eigenvalue weighted by atomic mass is 9.96. The van der Waals surface area contributed by atoms with Crippen LogP contribution in [-0.2, 0) is 0 Å². The first-order chi connectivity index (χ1) is 11.7. The largest absolute Gasteiger partial charge is 0.321 e. The van der Waals surface area contributed by atoms with Crippen molar-refractivity contribution in [2.24, 2.45) is 0 Å². The number of nitrogens with one attached hydrogen (secondary N) is 1. The van der Waals surface area contributed by atoms with Crippen molar-refractivity contribution in [1.82, 2.24) is 0 Å². The maximum atomic E-state index is 12.8. The second-order valence-corrected chi connectivity index (χ2v) is 6.11. The zero-order chi connectivity index (χ0) is 16.9. The van der Waals surface area contributed by atoms with E-state index in [-0.39, 0.29) is 5.91 Å². The van der Waals surface area contributed by atoms with Gasteiger partial charge in [0.15, 0.2) is 0 Å². The quantitative estimate of drug-likeness (QED) is 0.654. The molecule has 2 nitrogen and oxygen atoms in total. The molecule has 0 aromatic heterocycles. The van der Waals surface area contributed by atoms with Gasteiger partial charge in [0.2, 0.25) is 0 Å². The van der Waals surface area contributed by atoms with Crippen LogP contribution in [0.15, 0.2) is 78.9 Å². The third-order valence-electron chi connectivity index (χ3n) is 4.09. The zero-order valence-electron chi connectivity index (χ0n) is 14.0. The van der Waals surface area contributed by atoms with Gasteiger partial charge >= 0.3 is 0 Å².